The monoisotopic (exact) mass is 452 g/mol. The average molecular weight is 453 g/mol. The Morgan fingerprint density at radius 1 is 1.10 bits per heavy atom. The fourth-order valence-corrected chi connectivity index (χ4v) is 5.88. The van der Waals surface area contributed by atoms with Crippen molar-refractivity contribution in [2.75, 3.05) is 0 Å². The highest BCUT2D eigenvalue weighted by Gasteiger charge is 2.43. The molecule has 3 atom stereocenters. The van der Waals surface area contributed by atoms with E-state index in [1.165, 1.54) is 0 Å². The molecule has 0 aliphatic carbocycles. The molecule has 31 heavy (non-hydrogen) atoms. The standard InChI is InChI=1S/C25H32N2O2SSi/c1-19-12-14-22(15-13-19)30(28)27-18-21(17-26)23(20-10-8-7-9-11-20)16-24(27)29-31(5,6)25(2,3)4/h7-15,18,23-24H,16H2,1-6H3/t23-,24+,30+/m1/s1. The van der Waals surface area contributed by atoms with Crippen molar-refractivity contribution in [3.8, 4) is 6.07 Å². The number of nitrogens with zero attached hydrogens (tertiary/aromatic N) is 2. The number of aryl methyl sites for hydroxylation is 1. The molecule has 0 aromatic heterocycles. The summed E-state index contributed by atoms with van der Waals surface area (Å²) in [4.78, 5) is 0.709. The topological polar surface area (TPSA) is 53.3 Å². The molecule has 164 valence electrons. The number of hydrogen-bond acceptors (Lipinski definition) is 3. The lowest BCUT2D eigenvalue weighted by Crippen LogP contribution is -2.50. The van der Waals surface area contributed by atoms with Gasteiger partial charge in [0.15, 0.2) is 19.3 Å². The van der Waals surface area contributed by atoms with Gasteiger partial charge in [0.05, 0.1) is 16.5 Å². The zero-order chi connectivity index (χ0) is 22.8. The van der Waals surface area contributed by atoms with Gasteiger partial charge in [0.2, 0.25) is 0 Å². The largest absolute Gasteiger partial charge is 0.396 e. The van der Waals surface area contributed by atoms with Gasteiger partial charge in [-0.25, -0.2) is 4.21 Å². The van der Waals surface area contributed by atoms with E-state index in [0.29, 0.717) is 16.9 Å². The number of rotatable bonds is 5. The lowest BCUT2D eigenvalue weighted by molar-refractivity contribution is 0.0823. The van der Waals surface area contributed by atoms with Gasteiger partial charge in [-0.3, -0.25) is 4.31 Å². The number of allylic oxidation sites excluding steroid dienone is 1. The fraction of sp³-hybridized carbons (Fsp3) is 0.400. The Hall–Kier alpha value is -2.20. The third-order valence-electron chi connectivity index (χ3n) is 6.34. The van der Waals surface area contributed by atoms with Crippen molar-refractivity contribution in [3.63, 3.8) is 0 Å². The summed E-state index contributed by atoms with van der Waals surface area (Å²) in [5, 5.41) is 9.92. The first-order valence-electron chi connectivity index (χ1n) is 10.6. The third kappa shape index (κ3) is 5.17. The van der Waals surface area contributed by atoms with Crippen LogP contribution in [0.25, 0.3) is 0 Å². The molecule has 6 heteroatoms. The molecule has 0 fully saturated rings. The second-order valence-corrected chi connectivity index (χ2v) is 15.8. The quantitative estimate of drug-likeness (QED) is 0.503. The van der Waals surface area contributed by atoms with Crippen LogP contribution in [-0.4, -0.2) is 23.1 Å². The molecule has 0 spiro atoms. The van der Waals surface area contributed by atoms with Crippen LogP contribution < -0.4 is 0 Å². The normalized spacial score (nSPS) is 20.7. The van der Waals surface area contributed by atoms with Crippen molar-refractivity contribution in [1.29, 1.82) is 5.26 Å². The van der Waals surface area contributed by atoms with E-state index in [1.54, 1.807) is 10.5 Å². The summed E-state index contributed by atoms with van der Waals surface area (Å²) in [6.07, 6.45) is 1.98. The van der Waals surface area contributed by atoms with E-state index in [-0.39, 0.29) is 17.2 Å². The molecule has 1 aliphatic heterocycles. The van der Waals surface area contributed by atoms with E-state index < -0.39 is 19.3 Å². The van der Waals surface area contributed by atoms with Gasteiger partial charge in [0, 0.05) is 18.5 Å². The second-order valence-electron chi connectivity index (χ2n) is 9.65. The molecule has 0 radical (unpaired) electrons. The van der Waals surface area contributed by atoms with E-state index in [1.807, 2.05) is 61.5 Å². The van der Waals surface area contributed by atoms with Crippen molar-refractivity contribution in [2.24, 2.45) is 0 Å². The summed E-state index contributed by atoms with van der Waals surface area (Å²) >= 11 is 0. The Kier molecular flexibility index (Phi) is 6.90. The van der Waals surface area contributed by atoms with Crippen molar-refractivity contribution in [1.82, 2.24) is 4.31 Å². The van der Waals surface area contributed by atoms with Gasteiger partial charge in [0.25, 0.3) is 0 Å². The second kappa shape index (κ2) is 9.11. The van der Waals surface area contributed by atoms with E-state index >= 15 is 0 Å². The molecule has 0 saturated carbocycles. The highest BCUT2D eigenvalue weighted by atomic mass is 32.2. The van der Waals surface area contributed by atoms with Crippen LogP contribution in [0, 0.1) is 18.3 Å². The minimum Gasteiger partial charge on any atom is -0.396 e. The van der Waals surface area contributed by atoms with Gasteiger partial charge in [-0.1, -0.05) is 68.8 Å². The highest BCUT2D eigenvalue weighted by molar-refractivity contribution is 7.82. The average Bonchev–Trinajstić information content (AvgIpc) is 2.73. The molecule has 0 amide bonds. The minimum atomic E-state index is -2.14. The van der Waals surface area contributed by atoms with Crippen molar-refractivity contribution in [3.05, 3.63) is 77.5 Å². The molecule has 2 aromatic carbocycles. The van der Waals surface area contributed by atoms with Crippen LogP contribution in [0.2, 0.25) is 18.1 Å². The number of nitriles is 1. The van der Waals surface area contributed by atoms with Gasteiger partial charge < -0.3 is 4.43 Å². The predicted octanol–water partition coefficient (Wildman–Crippen LogP) is 6.26. The first kappa shape index (κ1) is 23.5. The van der Waals surface area contributed by atoms with Crippen molar-refractivity contribution in [2.45, 2.75) is 69.3 Å². The summed E-state index contributed by atoms with van der Waals surface area (Å²) in [6, 6.07) is 20.1. The molecule has 0 unspecified atom stereocenters. The van der Waals surface area contributed by atoms with Crippen molar-refractivity contribution >= 4 is 19.3 Å². The first-order chi connectivity index (χ1) is 14.5. The smallest absolute Gasteiger partial charge is 0.194 e. The van der Waals surface area contributed by atoms with E-state index in [9.17, 15) is 9.47 Å². The van der Waals surface area contributed by atoms with Gasteiger partial charge in [-0.05, 0) is 42.8 Å². The summed E-state index contributed by atoms with van der Waals surface area (Å²) in [5.41, 5.74) is 2.81. The summed E-state index contributed by atoms with van der Waals surface area (Å²) < 4.78 is 22.1. The highest BCUT2D eigenvalue weighted by Crippen LogP contribution is 2.42. The lowest BCUT2D eigenvalue weighted by Gasteiger charge is -2.44. The van der Waals surface area contributed by atoms with Gasteiger partial charge in [-0.15, -0.1) is 0 Å². The molecule has 3 rings (SSSR count). The van der Waals surface area contributed by atoms with Crippen LogP contribution in [0.4, 0.5) is 0 Å². The van der Waals surface area contributed by atoms with E-state index in [4.69, 9.17) is 4.43 Å². The SMILES string of the molecule is Cc1ccc([S@](=O)N2C=C(C#N)[C@@H](c3ccccc3)C[C@@H]2O[Si](C)(C)C(C)(C)C)cc1. The Bertz CT molecular complexity index is 1000. The molecule has 4 nitrogen and oxygen atoms in total. The van der Waals surface area contributed by atoms with Crippen LogP contribution in [-0.2, 0) is 15.4 Å². The van der Waals surface area contributed by atoms with Crippen LogP contribution in [0.5, 0.6) is 0 Å². The molecule has 0 bridgehead atoms. The first-order valence-corrected chi connectivity index (χ1v) is 14.7. The summed E-state index contributed by atoms with van der Waals surface area (Å²) in [5.74, 6) is -0.0766. The van der Waals surface area contributed by atoms with Gasteiger partial charge >= 0.3 is 0 Å². The molecule has 2 aromatic rings. The van der Waals surface area contributed by atoms with Crippen LogP contribution in [0.15, 0.2) is 71.3 Å². The number of hydrogen-bond donors (Lipinski definition) is 0. The van der Waals surface area contributed by atoms with Crippen molar-refractivity contribution < 1.29 is 8.63 Å². The zero-order valence-corrected chi connectivity index (χ0v) is 21.1. The predicted molar refractivity (Wildman–Crippen MR) is 129 cm³/mol. The zero-order valence-electron chi connectivity index (χ0n) is 19.3. The molecule has 0 N–H and O–H groups in total. The molecular formula is C25H32N2O2SSi. The van der Waals surface area contributed by atoms with Crippen LogP contribution >= 0.6 is 0 Å². The summed E-state index contributed by atoms with van der Waals surface area (Å²) in [7, 11) is -3.60. The Labute approximate surface area is 190 Å². The third-order valence-corrected chi connectivity index (χ3v) is 12.2. The minimum absolute atomic E-state index is 0.0193. The molecule has 1 aliphatic rings. The Morgan fingerprint density at radius 3 is 2.26 bits per heavy atom. The Morgan fingerprint density at radius 2 is 1.71 bits per heavy atom. The van der Waals surface area contributed by atoms with E-state index in [0.717, 1.165) is 11.1 Å². The number of benzene rings is 2. The molecule has 0 saturated heterocycles. The van der Waals surface area contributed by atoms with E-state index in [2.05, 4.69) is 39.9 Å². The maximum Gasteiger partial charge on any atom is 0.194 e. The van der Waals surface area contributed by atoms with Gasteiger partial charge in [-0.2, -0.15) is 5.26 Å². The lowest BCUT2D eigenvalue weighted by atomic mass is 9.87. The maximum absolute atomic E-state index is 13.6. The van der Waals surface area contributed by atoms with Crippen LogP contribution in [0.1, 0.15) is 44.2 Å². The Balaban J connectivity index is 2.04. The summed E-state index contributed by atoms with van der Waals surface area (Å²) in [6.45, 7) is 13.0. The van der Waals surface area contributed by atoms with Gasteiger partial charge in [0.1, 0.15) is 6.23 Å². The molecular weight excluding hydrogens is 420 g/mol. The van der Waals surface area contributed by atoms with Crippen LogP contribution in [0.3, 0.4) is 0 Å². The molecule has 1 heterocycles. The fourth-order valence-electron chi connectivity index (χ4n) is 3.40. The maximum atomic E-state index is 13.6.